The quantitative estimate of drug-likeness (QED) is 0.788. The Bertz CT molecular complexity index is 328. The number of benzene rings is 1. The largest absolute Gasteiger partial charge is 0.301 e. The topological polar surface area (TPSA) is 6.48 Å². The van der Waals surface area contributed by atoms with Gasteiger partial charge in [0.1, 0.15) is 0 Å². The van der Waals surface area contributed by atoms with E-state index in [0.717, 1.165) is 0 Å². The van der Waals surface area contributed by atoms with Crippen LogP contribution in [0.1, 0.15) is 25.8 Å². The number of piperazine rings is 1. The molecule has 0 aromatic heterocycles. The molecule has 0 aliphatic carbocycles. The second-order valence-electron chi connectivity index (χ2n) is 5.34. The van der Waals surface area contributed by atoms with E-state index in [1.807, 2.05) is 0 Å². The third kappa shape index (κ3) is 3.82. The average molecular weight is 246 g/mol. The molecule has 0 bridgehead atoms. The second-order valence-corrected chi connectivity index (χ2v) is 5.34. The lowest BCUT2D eigenvalue weighted by Crippen LogP contribution is -2.49. The molecule has 0 spiro atoms. The molecule has 2 nitrogen and oxygen atoms in total. The molecule has 0 amide bonds. The monoisotopic (exact) mass is 246 g/mol. The summed E-state index contributed by atoms with van der Waals surface area (Å²) in [5, 5.41) is 0. The Balaban J connectivity index is 1.73. The van der Waals surface area contributed by atoms with Crippen molar-refractivity contribution >= 4 is 0 Å². The van der Waals surface area contributed by atoms with Crippen molar-refractivity contribution in [1.29, 1.82) is 0 Å². The van der Waals surface area contributed by atoms with Crippen molar-refractivity contribution in [1.82, 2.24) is 9.80 Å². The minimum Gasteiger partial charge on any atom is -0.301 e. The van der Waals surface area contributed by atoms with Crippen molar-refractivity contribution in [2.45, 2.75) is 32.7 Å². The number of rotatable bonds is 5. The van der Waals surface area contributed by atoms with E-state index in [1.54, 1.807) is 0 Å². The second kappa shape index (κ2) is 6.91. The van der Waals surface area contributed by atoms with Gasteiger partial charge in [-0.1, -0.05) is 37.3 Å². The summed E-state index contributed by atoms with van der Waals surface area (Å²) >= 11 is 0. The molecule has 1 fully saturated rings. The summed E-state index contributed by atoms with van der Waals surface area (Å²) in [6, 6.07) is 11.6. The number of hydrogen-bond acceptors (Lipinski definition) is 2. The van der Waals surface area contributed by atoms with Crippen LogP contribution in [0.15, 0.2) is 30.3 Å². The van der Waals surface area contributed by atoms with E-state index >= 15 is 0 Å². The highest BCUT2D eigenvalue weighted by Gasteiger charge is 2.19. The summed E-state index contributed by atoms with van der Waals surface area (Å²) in [4.78, 5) is 5.19. The van der Waals surface area contributed by atoms with E-state index in [4.69, 9.17) is 0 Å². The van der Waals surface area contributed by atoms with Gasteiger partial charge < -0.3 is 4.90 Å². The first-order valence-corrected chi connectivity index (χ1v) is 7.30. The van der Waals surface area contributed by atoms with Gasteiger partial charge in [-0.15, -0.1) is 0 Å². The van der Waals surface area contributed by atoms with Crippen LogP contribution in [0, 0.1) is 0 Å². The molecule has 2 rings (SSSR count). The molecular weight excluding hydrogens is 220 g/mol. The molecule has 1 aromatic carbocycles. The van der Waals surface area contributed by atoms with Crippen LogP contribution >= 0.6 is 0 Å². The maximum absolute atomic E-state index is 2.65. The van der Waals surface area contributed by atoms with Gasteiger partial charge in [-0.05, 0) is 31.9 Å². The number of aryl methyl sites for hydroxylation is 1. The van der Waals surface area contributed by atoms with E-state index in [9.17, 15) is 0 Å². The Morgan fingerprint density at radius 2 is 1.72 bits per heavy atom. The predicted octanol–water partition coefficient (Wildman–Crippen LogP) is 2.65. The van der Waals surface area contributed by atoms with Crippen LogP contribution in [-0.2, 0) is 6.42 Å². The van der Waals surface area contributed by atoms with E-state index < -0.39 is 0 Å². The van der Waals surface area contributed by atoms with Gasteiger partial charge in [0.15, 0.2) is 0 Å². The number of nitrogens with zero attached hydrogens (tertiary/aromatic N) is 2. The van der Waals surface area contributed by atoms with Crippen LogP contribution < -0.4 is 0 Å². The van der Waals surface area contributed by atoms with Crippen LogP contribution in [0.4, 0.5) is 0 Å². The van der Waals surface area contributed by atoms with Crippen molar-refractivity contribution < 1.29 is 0 Å². The lowest BCUT2D eigenvalue weighted by atomic mass is 10.0. The van der Waals surface area contributed by atoms with Crippen molar-refractivity contribution in [3.8, 4) is 0 Å². The van der Waals surface area contributed by atoms with Gasteiger partial charge in [0.05, 0.1) is 0 Å². The molecular formula is C16H26N2. The van der Waals surface area contributed by atoms with Crippen LogP contribution in [0.25, 0.3) is 0 Å². The van der Waals surface area contributed by atoms with Crippen molar-refractivity contribution in [3.63, 3.8) is 0 Å². The molecule has 1 heterocycles. The molecule has 0 radical (unpaired) electrons. The molecule has 18 heavy (non-hydrogen) atoms. The highest BCUT2D eigenvalue weighted by atomic mass is 15.3. The van der Waals surface area contributed by atoms with Gasteiger partial charge in [0.25, 0.3) is 0 Å². The summed E-state index contributed by atoms with van der Waals surface area (Å²) in [6.45, 7) is 10.8. The number of hydrogen-bond donors (Lipinski definition) is 0. The van der Waals surface area contributed by atoms with E-state index in [2.05, 4.69) is 54.0 Å². The average Bonchev–Trinajstić information content (AvgIpc) is 2.46. The van der Waals surface area contributed by atoms with E-state index in [-0.39, 0.29) is 0 Å². The van der Waals surface area contributed by atoms with Gasteiger partial charge in [0.2, 0.25) is 0 Å². The van der Waals surface area contributed by atoms with Gasteiger partial charge in [-0.25, -0.2) is 0 Å². The third-order valence-corrected chi connectivity index (χ3v) is 4.17. The summed E-state index contributed by atoms with van der Waals surface area (Å²) in [6.07, 6.45) is 2.48. The Morgan fingerprint density at radius 1 is 1.06 bits per heavy atom. The summed E-state index contributed by atoms with van der Waals surface area (Å²) in [5.74, 6) is 0. The fourth-order valence-electron chi connectivity index (χ4n) is 2.72. The minimum absolute atomic E-state index is 0.712. The number of likely N-dealkylation sites (N-methyl/N-ethyl adjacent to an activating group) is 1. The standard InChI is InChI=1S/C16H26N2/c1-3-17-11-13-18(14-12-17)15(2)9-10-16-7-5-4-6-8-16/h4-8,15H,3,9-14H2,1-2H3/t15-/m1/s1. The predicted molar refractivity (Wildman–Crippen MR) is 77.9 cm³/mol. The maximum atomic E-state index is 2.65. The molecule has 1 aromatic rings. The zero-order valence-electron chi connectivity index (χ0n) is 11.8. The first kappa shape index (κ1) is 13.6. The van der Waals surface area contributed by atoms with Gasteiger partial charge in [0, 0.05) is 32.2 Å². The molecule has 1 saturated heterocycles. The lowest BCUT2D eigenvalue weighted by molar-refractivity contribution is 0.102. The molecule has 0 saturated carbocycles. The van der Waals surface area contributed by atoms with E-state index in [0.29, 0.717) is 6.04 Å². The minimum atomic E-state index is 0.712. The summed E-state index contributed by atoms with van der Waals surface area (Å²) < 4.78 is 0. The van der Waals surface area contributed by atoms with Crippen molar-refractivity contribution in [2.75, 3.05) is 32.7 Å². The summed E-state index contributed by atoms with van der Waals surface area (Å²) in [5.41, 5.74) is 1.47. The van der Waals surface area contributed by atoms with Gasteiger partial charge in [-0.3, -0.25) is 4.90 Å². The van der Waals surface area contributed by atoms with Crippen molar-refractivity contribution in [2.24, 2.45) is 0 Å². The van der Waals surface area contributed by atoms with Crippen LogP contribution in [0.5, 0.6) is 0 Å². The van der Waals surface area contributed by atoms with E-state index in [1.165, 1.54) is 51.1 Å². The highest BCUT2D eigenvalue weighted by Crippen LogP contribution is 2.12. The van der Waals surface area contributed by atoms with Crippen LogP contribution in [0.3, 0.4) is 0 Å². The zero-order valence-corrected chi connectivity index (χ0v) is 11.8. The smallest absolute Gasteiger partial charge is 0.0113 e. The fraction of sp³-hybridized carbons (Fsp3) is 0.625. The normalized spacial score (nSPS) is 19.9. The van der Waals surface area contributed by atoms with Crippen molar-refractivity contribution in [3.05, 3.63) is 35.9 Å². The molecule has 0 N–H and O–H groups in total. The molecule has 1 aliphatic heterocycles. The SMILES string of the molecule is CCN1CCN([C@H](C)CCc2ccccc2)CC1. The Kier molecular flexibility index (Phi) is 5.21. The summed E-state index contributed by atoms with van der Waals surface area (Å²) in [7, 11) is 0. The van der Waals surface area contributed by atoms with Gasteiger partial charge >= 0.3 is 0 Å². The molecule has 100 valence electrons. The molecule has 1 aliphatic rings. The molecule has 1 atom stereocenters. The Morgan fingerprint density at radius 3 is 2.33 bits per heavy atom. The maximum Gasteiger partial charge on any atom is 0.0113 e. The molecule has 0 unspecified atom stereocenters. The first-order valence-electron chi connectivity index (χ1n) is 7.30. The lowest BCUT2D eigenvalue weighted by Gasteiger charge is -2.37. The Hall–Kier alpha value is -0.860. The molecule has 2 heteroatoms. The van der Waals surface area contributed by atoms with Gasteiger partial charge in [-0.2, -0.15) is 0 Å². The Labute approximate surface area is 112 Å². The third-order valence-electron chi connectivity index (χ3n) is 4.17. The zero-order chi connectivity index (χ0) is 12.8. The first-order chi connectivity index (χ1) is 8.79. The fourth-order valence-corrected chi connectivity index (χ4v) is 2.72. The van der Waals surface area contributed by atoms with Crippen LogP contribution in [0.2, 0.25) is 0 Å². The highest BCUT2D eigenvalue weighted by molar-refractivity contribution is 5.14. The van der Waals surface area contributed by atoms with Crippen LogP contribution in [-0.4, -0.2) is 48.6 Å².